The van der Waals surface area contributed by atoms with Crippen LogP contribution in [0.4, 0.5) is 0 Å². The maximum atomic E-state index is 11.4. The summed E-state index contributed by atoms with van der Waals surface area (Å²) in [5.41, 5.74) is 0. The summed E-state index contributed by atoms with van der Waals surface area (Å²) in [6.45, 7) is 3.59. The van der Waals surface area contributed by atoms with Gasteiger partial charge in [-0.2, -0.15) is 0 Å². The molecule has 80 valence electrons. The van der Waals surface area contributed by atoms with Crippen molar-refractivity contribution >= 4 is 10.0 Å². The van der Waals surface area contributed by atoms with Crippen molar-refractivity contribution in [2.45, 2.75) is 26.3 Å². The zero-order valence-electron chi connectivity index (χ0n) is 8.32. The van der Waals surface area contributed by atoms with Crippen LogP contribution in [0, 0.1) is 0 Å². The predicted molar refractivity (Wildman–Crippen MR) is 54.2 cm³/mol. The SMILES string of the molecule is CCCS(=O)(=O)NC(C)c1ncc[nH]1. The van der Waals surface area contributed by atoms with E-state index in [0.29, 0.717) is 12.2 Å². The Labute approximate surface area is 84.0 Å². The standard InChI is InChI=1S/C8H15N3O2S/c1-3-6-14(12,13)11-7(2)8-9-4-5-10-8/h4-5,7,11H,3,6H2,1-2H3,(H,9,10). The number of nitrogens with one attached hydrogen (secondary N) is 2. The van der Waals surface area contributed by atoms with Gasteiger partial charge in [0.25, 0.3) is 0 Å². The van der Waals surface area contributed by atoms with Crippen LogP contribution >= 0.6 is 0 Å². The molecule has 1 unspecified atom stereocenters. The monoisotopic (exact) mass is 217 g/mol. The van der Waals surface area contributed by atoms with E-state index < -0.39 is 10.0 Å². The van der Waals surface area contributed by atoms with Crippen LogP contribution in [0.5, 0.6) is 0 Å². The zero-order valence-corrected chi connectivity index (χ0v) is 9.13. The largest absolute Gasteiger partial charge is 0.347 e. The molecule has 1 atom stereocenters. The van der Waals surface area contributed by atoms with Gasteiger partial charge in [-0.25, -0.2) is 18.1 Å². The summed E-state index contributed by atoms with van der Waals surface area (Å²) in [6, 6.07) is -0.304. The molecule has 0 aromatic carbocycles. The quantitative estimate of drug-likeness (QED) is 0.766. The van der Waals surface area contributed by atoms with Gasteiger partial charge in [0.1, 0.15) is 5.82 Å². The average Bonchev–Trinajstić information content (AvgIpc) is 2.53. The summed E-state index contributed by atoms with van der Waals surface area (Å²) in [7, 11) is -3.17. The summed E-state index contributed by atoms with van der Waals surface area (Å²) >= 11 is 0. The Bertz CT molecular complexity index is 358. The molecule has 1 aromatic heterocycles. The van der Waals surface area contributed by atoms with Crippen molar-refractivity contribution < 1.29 is 8.42 Å². The van der Waals surface area contributed by atoms with Gasteiger partial charge in [-0.1, -0.05) is 6.92 Å². The fourth-order valence-electron chi connectivity index (χ4n) is 1.17. The lowest BCUT2D eigenvalue weighted by Gasteiger charge is -2.10. The third-order valence-corrected chi connectivity index (χ3v) is 3.42. The highest BCUT2D eigenvalue weighted by Gasteiger charge is 2.15. The third-order valence-electron chi connectivity index (χ3n) is 1.76. The third kappa shape index (κ3) is 3.12. The highest BCUT2D eigenvalue weighted by molar-refractivity contribution is 7.89. The van der Waals surface area contributed by atoms with Crippen LogP contribution < -0.4 is 4.72 Å². The number of hydrogen-bond acceptors (Lipinski definition) is 3. The lowest BCUT2D eigenvalue weighted by atomic mass is 10.3. The predicted octanol–water partition coefficient (Wildman–Crippen LogP) is 0.800. The van der Waals surface area contributed by atoms with E-state index in [0.717, 1.165) is 0 Å². The zero-order chi connectivity index (χ0) is 10.6. The van der Waals surface area contributed by atoms with Gasteiger partial charge >= 0.3 is 0 Å². The molecule has 14 heavy (non-hydrogen) atoms. The van der Waals surface area contributed by atoms with E-state index in [-0.39, 0.29) is 11.8 Å². The minimum absolute atomic E-state index is 0.151. The van der Waals surface area contributed by atoms with Gasteiger partial charge in [-0.05, 0) is 13.3 Å². The molecule has 0 spiro atoms. The van der Waals surface area contributed by atoms with E-state index in [4.69, 9.17) is 0 Å². The van der Waals surface area contributed by atoms with Crippen LogP contribution in [-0.2, 0) is 10.0 Å². The van der Waals surface area contributed by atoms with Crippen LogP contribution in [0.1, 0.15) is 32.1 Å². The van der Waals surface area contributed by atoms with Crippen molar-refractivity contribution in [3.8, 4) is 0 Å². The van der Waals surface area contributed by atoms with Gasteiger partial charge in [0, 0.05) is 12.4 Å². The van der Waals surface area contributed by atoms with Gasteiger partial charge in [0.2, 0.25) is 10.0 Å². The van der Waals surface area contributed by atoms with Gasteiger partial charge in [0.15, 0.2) is 0 Å². The molecule has 1 heterocycles. The molecule has 0 radical (unpaired) electrons. The molecule has 0 saturated heterocycles. The lowest BCUT2D eigenvalue weighted by Crippen LogP contribution is -2.29. The Kier molecular flexibility index (Phi) is 3.65. The van der Waals surface area contributed by atoms with E-state index in [2.05, 4.69) is 14.7 Å². The second kappa shape index (κ2) is 4.56. The highest BCUT2D eigenvalue weighted by atomic mass is 32.2. The number of imidazole rings is 1. The highest BCUT2D eigenvalue weighted by Crippen LogP contribution is 2.07. The Balaban J connectivity index is 2.61. The van der Waals surface area contributed by atoms with Crippen LogP contribution in [0.3, 0.4) is 0 Å². The number of H-pyrrole nitrogens is 1. The van der Waals surface area contributed by atoms with Crippen molar-refractivity contribution in [3.05, 3.63) is 18.2 Å². The number of sulfonamides is 1. The fourth-order valence-corrected chi connectivity index (χ4v) is 2.47. The molecular formula is C8H15N3O2S. The van der Waals surface area contributed by atoms with Crippen molar-refractivity contribution in [1.82, 2.24) is 14.7 Å². The van der Waals surface area contributed by atoms with E-state index in [1.807, 2.05) is 6.92 Å². The molecule has 0 fully saturated rings. The number of nitrogens with zero attached hydrogens (tertiary/aromatic N) is 1. The van der Waals surface area contributed by atoms with Gasteiger partial charge in [0.05, 0.1) is 11.8 Å². The lowest BCUT2D eigenvalue weighted by molar-refractivity contribution is 0.560. The van der Waals surface area contributed by atoms with E-state index >= 15 is 0 Å². The molecule has 0 saturated carbocycles. The number of aromatic amines is 1. The average molecular weight is 217 g/mol. The molecule has 0 aliphatic heterocycles. The van der Waals surface area contributed by atoms with E-state index in [9.17, 15) is 8.42 Å². The number of hydrogen-bond donors (Lipinski definition) is 2. The Hall–Kier alpha value is -0.880. The molecule has 5 nitrogen and oxygen atoms in total. The van der Waals surface area contributed by atoms with Gasteiger partial charge in [-0.3, -0.25) is 0 Å². The van der Waals surface area contributed by atoms with Crippen molar-refractivity contribution in [2.75, 3.05) is 5.75 Å². The maximum absolute atomic E-state index is 11.4. The first-order chi connectivity index (χ1) is 6.55. The summed E-state index contributed by atoms with van der Waals surface area (Å²) in [4.78, 5) is 6.84. The summed E-state index contributed by atoms with van der Waals surface area (Å²) in [5.74, 6) is 0.780. The molecule has 1 aromatic rings. The normalized spacial score (nSPS) is 14.1. The Morgan fingerprint density at radius 2 is 2.36 bits per heavy atom. The molecular weight excluding hydrogens is 202 g/mol. The Morgan fingerprint density at radius 3 is 2.86 bits per heavy atom. The van der Waals surface area contributed by atoms with Gasteiger partial charge in [-0.15, -0.1) is 0 Å². The van der Waals surface area contributed by atoms with Crippen LogP contribution in [0.15, 0.2) is 12.4 Å². The Morgan fingerprint density at radius 1 is 1.64 bits per heavy atom. The van der Waals surface area contributed by atoms with Crippen molar-refractivity contribution in [3.63, 3.8) is 0 Å². The molecule has 0 bridgehead atoms. The first-order valence-corrected chi connectivity index (χ1v) is 6.19. The summed E-state index contributed by atoms with van der Waals surface area (Å²) < 4.78 is 25.3. The van der Waals surface area contributed by atoms with Crippen LogP contribution in [0.2, 0.25) is 0 Å². The van der Waals surface area contributed by atoms with Crippen molar-refractivity contribution in [1.29, 1.82) is 0 Å². The van der Waals surface area contributed by atoms with Crippen LogP contribution in [0.25, 0.3) is 0 Å². The maximum Gasteiger partial charge on any atom is 0.212 e. The molecule has 2 N–H and O–H groups in total. The smallest absolute Gasteiger partial charge is 0.212 e. The second-order valence-corrected chi connectivity index (χ2v) is 5.01. The fraction of sp³-hybridized carbons (Fsp3) is 0.625. The topological polar surface area (TPSA) is 74.8 Å². The minimum atomic E-state index is -3.17. The van der Waals surface area contributed by atoms with Gasteiger partial charge < -0.3 is 4.98 Å². The summed E-state index contributed by atoms with van der Waals surface area (Å²) in [6.07, 6.45) is 3.88. The molecule has 6 heteroatoms. The molecule has 0 amide bonds. The number of rotatable bonds is 5. The molecule has 1 rings (SSSR count). The second-order valence-electron chi connectivity index (χ2n) is 3.13. The van der Waals surface area contributed by atoms with E-state index in [1.54, 1.807) is 19.3 Å². The summed E-state index contributed by atoms with van der Waals surface area (Å²) in [5, 5.41) is 0. The van der Waals surface area contributed by atoms with Crippen molar-refractivity contribution in [2.24, 2.45) is 0 Å². The minimum Gasteiger partial charge on any atom is -0.347 e. The molecule has 0 aliphatic carbocycles. The van der Waals surface area contributed by atoms with E-state index in [1.165, 1.54) is 0 Å². The first kappa shape index (κ1) is 11.2. The van der Waals surface area contributed by atoms with Crippen LogP contribution in [-0.4, -0.2) is 24.1 Å². The first-order valence-electron chi connectivity index (χ1n) is 4.54. The number of aromatic nitrogens is 2. The molecule has 0 aliphatic rings.